The minimum atomic E-state index is -4.42. The first-order valence-electron chi connectivity index (χ1n) is 11.3. The van der Waals surface area contributed by atoms with Crippen molar-refractivity contribution in [1.29, 1.82) is 0 Å². The third kappa shape index (κ3) is 4.53. The molecule has 1 aliphatic heterocycles. The maximum Gasteiger partial charge on any atom is 0.416 e. The molecule has 186 valence electrons. The van der Waals surface area contributed by atoms with Gasteiger partial charge in [0.05, 0.1) is 22.7 Å². The van der Waals surface area contributed by atoms with Crippen molar-refractivity contribution >= 4 is 51.2 Å². The number of hydrogen-bond acceptors (Lipinski definition) is 5. The number of alkyl halides is 3. The van der Waals surface area contributed by atoms with Crippen molar-refractivity contribution in [3.8, 4) is 0 Å². The van der Waals surface area contributed by atoms with Gasteiger partial charge >= 0.3 is 6.18 Å². The fraction of sp³-hybridized carbons (Fsp3) is 0.231. The van der Waals surface area contributed by atoms with E-state index in [0.717, 1.165) is 36.9 Å². The van der Waals surface area contributed by atoms with Gasteiger partial charge in [0.15, 0.2) is 12.7 Å². The fourth-order valence-corrected chi connectivity index (χ4v) is 7.63. The van der Waals surface area contributed by atoms with Crippen LogP contribution in [0.4, 0.5) is 18.9 Å². The van der Waals surface area contributed by atoms with Crippen molar-refractivity contribution in [2.75, 3.05) is 11.9 Å². The van der Waals surface area contributed by atoms with Gasteiger partial charge in [-0.25, -0.2) is 0 Å². The highest BCUT2D eigenvalue weighted by molar-refractivity contribution is 8.08. The molecule has 4 aromatic rings. The molecule has 0 bridgehead atoms. The first-order chi connectivity index (χ1) is 17.2. The lowest BCUT2D eigenvalue weighted by atomic mass is 10.1. The number of halogens is 3. The Morgan fingerprint density at radius 1 is 1.14 bits per heavy atom. The van der Waals surface area contributed by atoms with E-state index in [0.29, 0.717) is 11.1 Å². The summed E-state index contributed by atoms with van der Waals surface area (Å²) in [6.07, 6.45) is -0.737. The van der Waals surface area contributed by atoms with Crippen LogP contribution in [0.15, 0.2) is 63.7 Å². The molecule has 5 rings (SSSR count). The first kappa shape index (κ1) is 24.9. The van der Waals surface area contributed by atoms with Gasteiger partial charge in [0.1, 0.15) is 14.2 Å². The predicted molar refractivity (Wildman–Crippen MR) is 141 cm³/mol. The maximum absolute atomic E-state index is 13.5. The molecule has 0 radical (unpaired) electrons. The molecule has 2 aromatic carbocycles. The summed E-state index contributed by atoms with van der Waals surface area (Å²) in [6.45, 7) is 4.55. The van der Waals surface area contributed by atoms with Gasteiger partial charge in [0.25, 0.3) is 10.6 Å². The van der Waals surface area contributed by atoms with E-state index in [4.69, 9.17) is 0 Å². The highest BCUT2D eigenvalue weighted by atomic mass is 32.2. The largest absolute Gasteiger partial charge is 0.416 e. The molecule has 0 N–H and O–H groups in total. The van der Waals surface area contributed by atoms with Crippen molar-refractivity contribution in [2.24, 2.45) is 0 Å². The first-order valence-corrected chi connectivity index (χ1v) is 13.8. The summed E-state index contributed by atoms with van der Waals surface area (Å²) >= 11 is 4.44. The van der Waals surface area contributed by atoms with Crippen LogP contribution in [-0.2, 0) is 19.3 Å². The number of thioether (sulfide) groups is 1. The predicted octanol–water partition coefficient (Wildman–Crippen LogP) is 4.79. The molecule has 1 aliphatic rings. The quantitative estimate of drug-likeness (QED) is 0.345. The third-order valence-corrected chi connectivity index (χ3v) is 9.35. The van der Waals surface area contributed by atoms with Gasteiger partial charge in [-0.15, -0.1) is 11.3 Å². The highest BCUT2D eigenvalue weighted by Crippen LogP contribution is 2.45. The van der Waals surface area contributed by atoms with Crippen LogP contribution in [0.25, 0.3) is 11.1 Å². The molecule has 4 nitrogen and oxygen atoms in total. The van der Waals surface area contributed by atoms with Crippen molar-refractivity contribution in [2.45, 2.75) is 38.0 Å². The molecule has 3 heterocycles. The van der Waals surface area contributed by atoms with Crippen LogP contribution in [0.3, 0.4) is 0 Å². The summed E-state index contributed by atoms with van der Waals surface area (Å²) in [7, 11) is 1.97. The van der Waals surface area contributed by atoms with Gasteiger partial charge in [-0.1, -0.05) is 47.4 Å². The lowest BCUT2D eigenvalue weighted by Gasteiger charge is -2.12. The Bertz CT molecular complexity index is 1630. The van der Waals surface area contributed by atoms with Crippen LogP contribution in [0, 0.1) is 6.92 Å². The lowest BCUT2D eigenvalue weighted by Crippen LogP contribution is -2.37. The van der Waals surface area contributed by atoms with Crippen LogP contribution < -0.4 is 24.2 Å². The summed E-state index contributed by atoms with van der Waals surface area (Å²) in [6, 6.07) is 11.9. The summed E-state index contributed by atoms with van der Waals surface area (Å²) in [5.41, 5.74) is 1.75. The van der Waals surface area contributed by atoms with Crippen LogP contribution in [0.2, 0.25) is 0 Å². The van der Waals surface area contributed by atoms with Crippen LogP contribution in [0.5, 0.6) is 0 Å². The number of thiazole rings is 2. The Kier molecular flexibility index (Phi) is 6.61. The van der Waals surface area contributed by atoms with Crippen LogP contribution in [-0.4, -0.2) is 11.6 Å². The average molecular weight is 547 g/mol. The maximum atomic E-state index is 13.5. The van der Waals surface area contributed by atoms with Crippen molar-refractivity contribution in [3.63, 3.8) is 0 Å². The van der Waals surface area contributed by atoms with Crippen molar-refractivity contribution < 1.29 is 17.7 Å². The van der Waals surface area contributed by atoms with Crippen LogP contribution in [0.1, 0.15) is 28.6 Å². The van der Waals surface area contributed by atoms with E-state index < -0.39 is 11.7 Å². The zero-order chi connectivity index (χ0) is 25.6. The zero-order valence-corrected chi connectivity index (χ0v) is 22.2. The molecule has 0 aliphatic carbocycles. The van der Waals surface area contributed by atoms with E-state index in [1.54, 1.807) is 33.2 Å². The zero-order valence-electron chi connectivity index (χ0n) is 19.8. The number of fused-ring (bicyclic) bond motifs is 1. The molecule has 0 spiro atoms. The van der Waals surface area contributed by atoms with Gasteiger partial charge < -0.3 is 4.90 Å². The second kappa shape index (κ2) is 9.57. The number of anilines is 1. The van der Waals surface area contributed by atoms with E-state index in [1.165, 1.54) is 34.8 Å². The highest BCUT2D eigenvalue weighted by Gasteiger charge is 2.34. The molecule has 0 saturated heterocycles. The molecular formula is C26H23F3N3OS3+. The lowest BCUT2D eigenvalue weighted by molar-refractivity contribution is -0.685. The summed E-state index contributed by atoms with van der Waals surface area (Å²) in [4.78, 5) is 16.6. The van der Waals surface area contributed by atoms with E-state index in [1.807, 2.05) is 32.4 Å². The summed E-state index contributed by atoms with van der Waals surface area (Å²) in [5.74, 6) is 0. The molecule has 0 amide bonds. The van der Waals surface area contributed by atoms with Gasteiger partial charge in [-0.3, -0.25) is 9.36 Å². The van der Waals surface area contributed by atoms with E-state index in [2.05, 4.69) is 23.1 Å². The number of rotatable bonds is 4. The molecule has 2 aromatic heterocycles. The fourth-order valence-electron chi connectivity index (χ4n) is 4.22. The van der Waals surface area contributed by atoms with Gasteiger partial charge in [-0.05, 0) is 37.6 Å². The second-order valence-corrected chi connectivity index (χ2v) is 11.4. The van der Waals surface area contributed by atoms with Crippen molar-refractivity contribution in [3.05, 3.63) is 95.3 Å². The van der Waals surface area contributed by atoms with E-state index in [-0.39, 0.29) is 17.7 Å². The minimum Gasteiger partial charge on any atom is -0.337 e. The van der Waals surface area contributed by atoms with Gasteiger partial charge in [0.2, 0.25) is 0 Å². The summed E-state index contributed by atoms with van der Waals surface area (Å²) < 4.78 is 45.5. The van der Waals surface area contributed by atoms with E-state index in [9.17, 15) is 18.0 Å². The minimum absolute atomic E-state index is 0.0573. The molecule has 0 atom stereocenters. The molecule has 0 saturated carbocycles. The molecule has 0 unspecified atom stereocenters. The molecule has 0 fully saturated rings. The average Bonchev–Trinajstić information content (AvgIpc) is 3.49. The third-order valence-electron chi connectivity index (χ3n) is 6.03. The molecular weight excluding hydrogens is 524 g/mol. The smallest absolute Gasteiger partial charge is 0.337 e. The normalized spacial score (nSPS) is 15.6. The SMILES string of the molecule is CCn1c(=O)/c(=C2\Sc3cc(C)ccc3N2C)s/c1=C\c1scc[n+]1Cc1ccccc1C(F)(F)F. The Morgan fingerprint density at radius 3 is 2.67 bits per heavy atom. The topological polar surface area (TPSA) is 29.1 Å². The molecule has 10 heteroatoms. The standard InChI is InChI=1S/C26H23F3N3OS3/c1-4-32-22(36-23(24(32)33)25-30(3)19-10-9-16(2)13-20(19)35-25)14-21-31(11-12-34-21)15-17-7-5-6-8-18(17)26(27,28)29/h5-14H,4,15H2,1-3H3/q+1/b25-23+. The monoisotopic (exact) mass is 546 g/mol. The number of nitrogens with zero attached hydrogens (tertiary/aromatic N) is 3. The molecule has 36 heavy (non-hydrogen) atoms. The number of aryl methyl sites for hydroxylation is 1. The number of aromatic nitrogens is 2. The van der Waals surface area contributed by atoms with Gasteiger partial charge in [0, 0.05) is 24.1 Å². The van der Waals surface area contributed by atoms with Crippen molar-refractivity contribution in [1.82, 2.24) is 4.57 Å². The second-order valence-electron chi connectivity index (χ2n) is 8.42. The van der Waals surface area contributed by atoms with E-state index >= 15 is 0 Å². The Balaban J connectivity index is 1.59. The van der Waals surface area contributed by atoms with Crippen LogP contribution >= 0.6 is 34.4 Å². The number of benzene rings is 2. The summed E-state index contributed by atoms with van der Waals surface area (Å²) in [5, 5.41) is 3.52. The Hall–Kier alpha value is -2.82. The Labute approximate surface area is 218 Å². The Morgan fingerprint density at radius 2 is 1.92 bits per heavy atom. The number of hydrogen-bond donors (Lipinski definition) is 0. The van der Waals surface area contributed by atoms with Gasteiger partial charge in [-0.2, -0.15) is 17.7 Å².